The zero-order valence-electron chi connectivity index (χ0n) is 11.1. The summed E-state index contributed by atoms with van der Waals surface area (Å²) in [5.41, 5.74) is 0. The van der Waals surface area contributed by atoms with E-state index in [0.29, 0.717) is 28.0 Å². The van der Waals surface area contributed by atoms with Crippen molar-refractivity contribution in [3.8, 4) is 10.8 Å². The minimum absolute atomic E-state index is 0.378. The highest BCUT2D eigenvalue weighted by atomic mass is 32.1. The van der Waals surface area contributed by atoms with Crippen LogP contribution in [0, 0.1) is 5.92 Å². The molecule has 1 aliphatic rings. The largest absolute Gasteiger partial charge is 0.480 e. The third kappa shape index (κ3) is 3.30. The van der Waals surface area contributed by atoms with Crippen LogP contribution in [0.4, 0.5) is 0 Å². The molecule has 6 nitrogen and oxygen atoms in total. The number of amides is 1. The fourth-order valence-electron chi connectivity index (χ4n) is 2.03. The number of hydrogen-bond donors (Lipinski definition) is 2. The Morgan fingerprint density at radius 1 is 1.52 bits per heavy atom. The molecule has 1 aliphatic carbocycles. The van der Waals surface area contributed by atoms with Gasteiger partial charge < -0.3 is 14.8 Å². The number of rotatable bonds is 6. The van der Waals surface area contributed by atoms with Crippen LogP contribution in [0.5, 0.6) is 0 Å². The number of carbonyl (C=O) groups excluding carboxylic acids is 1. The van der Waals surface area contributed by atoms with Crippen LogP contribution in [-0.2, 0) is 4.79 Å². The molecular weight excluding hydrogens is 292 g/mol. The molecule has 21 heavy (non-hydrogen) atoms. The van der Waals surface area contributed by atoms with Crippen LogP contribution in [-0.4, -0.2) is 28.0 Å². The molecule has 0 spiro atoms. The first-order valence-corrected chi connectivity index (χ1v) is 7.48. The number of carboxylic acid groups (broad SMARTS) is 1. The van der Waals surface area contributed by atoms with E-state index in [0.717, 1.165) is 12.8 Å². The average molecular weight is 306 g/mol. The van der Waals surface area contributed by atoms with Crippen molar-refractivity contribution in [2.24, 2.45) is 5.92 Å². The molecule has 0 radical (unpaired) electrons. The van der Waals surface area contributed by atoms with E-state index in [4.69, 9.17) is 9.52 Å². The Morgan fingerprint density at radius 3 is 2.95 bits per heavy atom. The summed E-state index contributed by atoms with van der Waals surface area (Å²) in [6.07, 6.45) is 5.55. The average Bonchev–Trinajstić information content (AvgIpc) is 2.97. The minimum Gasteiger partial charge on any atom is -0.480 e. The van der Waals surface area contributed by atoms with Gasteiger partial charge in [-0.15, -0.1) is 11.3 Å². The first-order chi connectivity index (χ1) is 10.1. The zero-order valence-corrected chi connectivity index (χ0v) is 11.9. The molecule has 1 atom stereocenters. The monoisotopic (exact) mass is 306 g/mol. The van der Waals surface area contributed by atoms with Crippen molar-refractivity contribution < 1.29 is 19.1 Å². The Morgan fingerprint density at radius 2 is 2.33 bits per heavy atom. The quantitative estimate of drug-likeness (QED) is 0.855. The van der Waals surface area contributed by atoms with Crippen molar-refractivity contribution >= 4 is 23.2 Å². The maximum atomic E-state index is 12.1. The van der Waals surface area contributed by atoms with Gasteiger partial charge in [0.25, 0.3) is 5.91 Å². The molecule has 1 fully saturated rings. The van der Waals surface area contributed by atoms with Crippen molar-refractivity contribution in [1.29, 1.82) is 0 Å². The number of hydrogen-bond acceptors (Lipinski definition) is 5. The number of thiazole rings is 1. The first kappa shape index (κ1) is 13.8. The van der Waals surface area contributed by atoms with Crippen LogP contribution >= 0.6 is 11.3 Å². The predicted octanol–water partition coefficient (Wildman–Crippen LogP) is 2.39. The second kappa shape index (κ2) is 5.69. The van der Waals surface area contributed by atoms with Gasteiger partial charge in [0.05, 0.1) is 12.5 Å². The number of carbonyl (C=O) groups is 2. The maximum absolute atomic E-state index is 12.1. The molecule has 0 aromatic carbocycles. The lowest BCUT2D eigenvalue weighted by Crippen LogP contribution is -2.40. The molecule has 0 saturated heterocycles. The van der Waals surface area contributed by atoms with Crippen LogP contribution in [0.3, 0.4) is 0 Å². The Balaban J connectivity index is 1.68. The number of aromatic nitrogens is 1. The Bertz CT molecular complexity index is 646. The smallest absolute Gasteiger partial charge is 0.326 e. The van der Waals surface area contributed by atoms with Gasteiger partial charge in [-0.25, -0.2) is 9.78 Å². The molecule has 1 unspecified atom stereocenters. The van der Waals surface area contributed by atoms with Crippen molar-refractivity contribution in [1.82, 2.24) is 10.3 Å². The SMILES string of the molecule is O=C(NC(CC1CC1)C(=O)O)c1cnc(-c2ccco2)s1. The van der Waals surface area contributed by atoms with Crippen LogP contribution in [0.2, 0.25) is 0 Å². The van der Waals surface area contributed by atoms with Crippen LogP contribution < -0.4 is 5.32 Å². The lowest BCUT2D eigenvalue weighted by Gasteiger charge is -2.12. The van der Waals surface area contributed by atoms with Gasteiger partial charge in [0, 0.05) is 0 Å². The molecule has 0 aliphatic heterocycles. The number of nitrogens with zero attached hydrogens (tertiary/aromatic N) is 1. The summed E-state index contributed by atoms with van der Waals surface area (Å²) in [7, 11) is 0. The normalized spacial score (nSPS) is 15.6. The second-order valence-corrected chi connectivity index (χ2v) is 6.08. The van der Waals surface area contributed by atoms with Gasteiger partial charge in [0.1, 0.15) is 10.9 Å². The Hall–Kier alpha value is -2.15. The van der Waals surface area contributed by atoms with Gasteiger partial charge in [-0.05, 0) is 24.5 Å². The third-order valence-electron chi connectivity index (χ3n) is 3.33. The molecule has 0 bridgehead atoms. The summed E-state index contributed by atoms with van der Waals surface area (Å²) in [6, 6.07) is 2.67. The lowest BCUT2D eigenvalue weighted by atomic mass is 10.1. The van der Waals surface area contributed by atoms with Gasteiger partial charge >= 0.3 is 5.97 Å². The Kier molecular flexibility index (Phi) is 3.74. The highest BCUT2D eigenvalue weighted by molar-refractivity contribution is 7.16. The highest BCUT2D eigenvalue weighted by Crippen LogP contribution is 2.33. The second-order valence-electron chi connectivity index (χ2n) is 5.05. The minimum atomic E-state index is -0.994. The summed E-state index contributed by atoms with van der Waals surface area (Å²) >= 11 is 1.18. The van der Waals surface area contributed by atoms with E-state index in [1.165, 1.54) is 23.8 Å². The molecular formula is C14H14N2O4S. The van der Waals surface area contributed by atoms with Crippen molar-refractivity contribution in [3.63, 3.8) is 0 Å². The number of furan rings is 1. The standard InChI is InChI=1S/C14H14N2O4S/c17-12(16-9(14(18)19)6-8-3-4-8)11-7-15-13(21-11)10-2-1-5-20-10/h1-2,5,7-9H,3-4,6H2,(H,16,17)(H,18,19). The Labute approximate surface area is 124 Å². The summed E-state index contributed by atoms with van der Waals surface area (Å²) in [6.45, 7) is 0. The van der Waals surface area contributed by atoms with Gasteiger partial charge in [-0.2, -0.15) is 0 Å². The lowest BCUT2D eigenvalue weighted by molar-refractivity contribution is -0.139. The molecule has 2 aromatic heterocycles. The van der Waals surface area contributed by atoms with E-state index in [-0.39, 0.29) is 0 Å². The molecule has 2 aromatic rings. The molecule has 1 amide bonds. The topological polar surface area (TPSA) is 92.4 Å². The number of carboxylic acids is 1. The van der Waals surface area contributed by atoms with Crippen molar-refractivity contribution in [3.05, 3.63) is 29.5 Å². The van der Waals surface area contributed by atoms with Gasteiger partial charge in [-0.1, -0.05) is 12.8 Å². The van der Waals surface area contributed by atoms with Crippen molar-refractivity contribution in [2.45, 2.75) is 25.3 Å². The van der Waals surface area contributed by atoms with E-state index in [9.17, 15) is 9.59 Å². The van der Waals surface area contributed by atoms with E-state index in [1.54, 1.807) is 12.1 Å². The molecule has 1 saturated carbocycles. The number of aliphatic carboxylic acids is 1. The summed E-state index contributed by atoms with van der Waals surface area (Å²) < 4.78 is 5.21. The number of nitrogens with one attached hydrogen (secondary N) is 1. The van der Waals surface area contributed by atoms with Gasteiger partial charge in [-0.3, -0.25) is 4.79 Å². The van der Waals surface area contributed by atoms with Crippen LogP contribution in [0.25, 0.3) is 10.8 Å². The van der Waals surface area contributed by atoms with Gasteiger partial charge in [0.2, 0.25) is 0 Å². The summed E-state index contributed by atoms with van der Waals surface area (Å²) in [4.78, 5) is 27.8. The van der Waals surface area contributed by atoms with E-state index >= 15 is 0 Å². The fraction of sp³-hybridized carbons (Fsp3) is 0.357. The molecule has 3 rings (SSSR count). The maximum Gasteiger partial charge on any atom is 0.326 e. The van der Waals surface area contributed by atoms with E-state index < -0.39 is 17.9 Å². The summed E-state index contributed by atoms with van der Waals surface area (Å²) in [5.74, 6) is -0.386. The predicted molar refractivity (Wildman–Crippen MR) is 76.0 cm³/mol. The fourth-order valence-corrected chi connectivity index (χ4v) is 2.82. The first-order valence-electron chi connectivity index (χ1n) is 6.67. The van der Waals surface area contributed by atoms with E-state index in [2.05, 4.69) is 10.3 Å². The van der Waals surface area contributed by atoms with Gasteiger partial charge in [0.15, 0.2) is 10.8 Å². The van der Waals surface area contributed by atoms with Crippen LogP contribution in [0.1, 0.15) is 28.9 Å². The highest BCUT2D eigenvalue weighted by Gasteiger charge is 2.30. The summed E-state index contributed by atoms with van der Waals surface area (Å²) in [5, 5.41) is 12.3. The molecule has 2 heterocycles. The van der Waals surface area contributed by atoms with Crippen molar-refractivity contribution in [2.75, 3.05) is 0 Å². The third-order valence-corrected chi connectivity index (χ3v) is 4.34. The molecule has 110 valence electrons. The molecule has 2 N–H and O–H groups in total. The van der Waals surface area contributed by atoms with Crippen LogP contribution in [0.15, 0.2) is 29.0 Å². The van der Waals surface area contributed by atoms with E-state index in [1.807, 2.05) is 0 Å². The molecule has 7 heteroatoms. The zero-order chi connectivity index (χ0) is 14.8.